The Kier molecular flexibility index (Phi) is 3.30. The van der Waals surface area contributed by atoms with Crippen LogP contribution in [0.3, 0.4) is 0 Å². The minimum absolute atomic E-state index is 0.719. The van der Waals surface area contributed by atoms with Gasteiger partial charge in [-0.15, -0.1) is 0 Å². The van der Waals surface area contributed by atoms with Gasteiger partial charge in [-0.05, 0) is 41.8 Å². The maximum Gasteiger partial charge on any atom is 0.0442 e. The van der Waals surface area contributed by atoms with Gasteiger partial charge in [-0.1, -0.05) is 47.5 Å². The van der Waals surface area contributed by atoms with E-state index in [0.717, 1.165) is 22.0 Å². The smallest absolute Gasteiger partial charge is 0.0442 e. The average molecular weight is 236 g/mol. The quantitative estimate of drug-likeness (QED) is 0.725. The van der Waals surface area contributed by atoms with Crippen molar-refractivity contribution >= 4 is 23.2 Å². The van der Waals surface area contributed by atoms with E-state index in [1.54, 1.807) is 6.07 Å². The molecule has 2 rings (SSSR count). The van der Waals surface area contributed by atoms with Crippen LogP contribution >= 0.6 is 23.2 Å². The normalized spacial score (nSPS) is 10.3. The molecule has 0 aromatic heterocycles. The fraction of sp³-hybridized carbons (Fsp3) is 0.0769. The Morgan fingerprint density at radius 1 is 1.00 bits per heavy atom. The van der Waals surface area contributed by atoms with Gasteiger partial charge in [0.25, 0.3) is 0 Å². The van der Waals surface area contributed by atoms with Crippen molar-refractivity contribution in [3.05, 3.63) is 69.7 Å². The molecule has 2 aromatic carbocycles. The first-order valence-corrected chi connectivity index (χ1v) is 5.40. The van der Waals surface area contributed by atoms with E-state index in [9.17, 15) is 0 Å². The summed E-state index contributed by atoms with van der Waals surface area (Å²) in [5.41, 5.74) is 2.26. The van der Waals surface area contributed by atoms with Gasteiger partial charge in [-0.25, -0.2) is 0 Å². The molecule has 0 bridgehead atoms. The first kappa shape index (κ1) is 10.5. The summed E-state index contributed by atoms with van der Waals surface area (Å²) in [7, 11) is 0. The van der Waals surface area contributed by atoms with Crippen molar-refractivity contribution in [2.75, 3.05) is 0 Å². The SMILES string of the molecule is Clc1ccc(Cl)c(Cc2cc[c]cc2)c1. The second-order valence-corrected chi connectivity index (χ2v) is 4.16. The second-order valence-electron chi connectivity index (χ2n) is 3.32. The zero-order valence-corrected chi connectivity index (χ0v) is 9.52. The molecule has 0 amide bonds. The van der Waals surface area contributed by atoms with Gasteiger partial charge in [0, 0.05) is 10.0 Å². The van der Waals surface area contributed by atoms with Crippen molar-refractivity contribution < 1.29 is 0 Å². The summed E-state index contributed by atoms with van der Waals surface area (Å²) in [4.78, 5) is 0. The molecule has 0 saturated carbocycles. The van der Waals surface area contributed by atoms with Gasteiger partial charge >= 0.3 is 0 Å². The molecular weight excluding hydrogens is 227 g/mol. The lowest BCUT2D eigenvalue weighted by Crippen LogP contribution is -1.88. The van der Waals surface area contributed by atoms with Crippen molar-refractivity contribution in [3.63, 3.8) is 0 Å². The molecular formula is C13H9Cl2. The van der Waals surface area contributed by atoms with Crippen molar-refractivity contribution in [3.8, 4) is 0 Å². The average Bonchev–Trinajstić information content (AvgIpc) is 2.25. The number of hydrogen-bond acceptors (Lipinski definition) is 0. The summed E-state index contributed by atoms with van der Waals surface area (Å²) >= 11 is 12.0. The molecule has 0 aliphatic heterocycles. The zero-order valence-electron chi connectivity index (χ0n) is 8.00. The number of halogens is 2. The summed E-state index contributed by atoms with van der Waals surface area (Å²) in [6.07, 6.45) is 0.800. The Morgan fingerprint density at radius 2 is 1.73 bits per heavy atom. The van der Waals surface area contributed by atoms with E-state index in [2.05, 4.69) is 6.07 Å². The van der Waals surface area contributed by atoms with Crippen molar-refractivity contribution in [2.45, 2.75) is 6.42 Å². The molecule has 0 atom stereocenters. The minimum atomic E-state index is 0.719. The lowest BCUT2D eigenvalue weighted by atomic mass is 10.1. The van der Waals surface area contributed by atoms with E-state index in [-0.39, 0.29) is 0 Å². The maximum absolute atomic E-state index is 6.08. The maximum atomic E-state index is 6.08. The van der Waals surface area contributed by atoms with Crippen LogP contribution in [0.15, 0.2) is 42.5 Å². The molecule has 75 valence electrons. The predicted molar refractivity (Wildman–Crippen MR) is 64.5 cm³/mol. The van der Waals surface area contributed by atoms with E-state index in [1.165, 1.54) is 5.56 Å². The summed E-state index contributed by atoms with van der Waals surface area (Å²) < 4.78 is 0. The third-order valence-corrected chi connectivity index (χ3v) is 2.79. The lowest BCUT2D eigenvalue weighted by Gasteiger charge is -2.04. The number of hydrogen-bond donors (Lipinski definition) is 0. The highest BCUT2D eigenvalue weighted by Crippen LogP contribution is 2.23. The number of rotatable bonds is 2. The van der Waals surface area contributed by atoms with Crippen LogP contribution in [-0.4, -0.2) is 0 Å². The minimum Gasteiger partial charge on any atom is -0.0843 e. The fourth-order valence-corrected chi connectivity index (χ4v) is 1.82. The van der Waals surface area contributed by atoms with Crippen LogP contribution in [0.5, 0.6) is 0 Å². The molecule has 0 nitrogen and oxygen atoms in total. The highest BCUT2D eigenvalue weighted by molar-refractivity contribution is 6.33. The van der Waals surface area contributed by atoms with Gasteiger partial charge in [0.15, 0.2) is 0 Å². The monoisotopic (exact) mass is 235 g/mol. The van der Waals surface area contributed by atoms with Crippen LogP contribution in [0.1, 0.15) is 11.1 Å². The molecule has 1 radical (unpaired) electrons. The van der Waals surface area contributed by atoms with Gasteiger partial charge in [0.05, 0.1) is 0 Å². The first-order chi connectivity index (χ1) is 7.25. The van der Waals surface area contributed by atoms with E-state index in [1.807, 2.05) is 36.4 Å². The second kappa shape index (κ2) is 4.69. The van der Waals surface area contributed by atoms with E-state index < -0.39 is 0 Å². The van der Waals surface area contributed by atoms with Crippen LogP contribution < -0.4 is 0 Å². The van der Waals surface area contributed by atoms with E-state index >= 15 is 0 Å². The Hall–Kier alpha value is -0.980. The molecule has 0 N–H and O–H groups in total. The summed E-state index contributed by atoms with van der Waals surface area (Å²) in [5.74, 6) is 0. The molecule has 0 aliphatic rings. The van der Waals surface area contributed by atoms with Crippen LogP contribution in [0, 0.1) is 6.07 Å². The van der Waals surface area contributed by atoms with E-state index in [4.69, 9.17) is 23.2 Å². The van der Waals surface area contributed by atoms with Gasteiger partial charge in [-0.2, -0.15) is 0 Å². The fourth-order valence-electron chi connectivity index (χ4n) is 1.44. The highest BCUT2D eigenvalue weighted by Gasteiger charge is 2.02. The predicted octanol–water partition coefficient (Wildman–Crippen LogP) is 4.38. The van der Waals surface area contributed by atoms with Crippen molar-refractivity contribution in [1.82, 2.24) is 0 Å². The molecule has 15 heavy (non-hydrogen) atoms. The van der Waals surface area contributed by atoms with Gasteiger partial charge in [0.1, 0.15) is 0 Å². The Morgan fingerprint density at radius 3 is 2.47 bits per heavy atom. The van der Waals surface area contributed by atoms with Crippen LogP contribution in [0.25, 0.3) is 0 Å². The number of benzene rings is 2. The molecule has 0 fully saturated rings. The molecule has 0 spiro atoms. The molecule has 0 saturated heterocycles. The lowest BCUT2D eigenvalue weighted by molar-refractivity contribution is 1.19. The third-order valence-electron chi connectivity index (χ3n) is 2.19. The molecule has 0 unspecified atom stereocenters. The van der Waals surface area contributed by atoms with Crippen LogP contribution in [0.4, 0.5) is 0 Å². The van der Waals surface area contributed by atoms with Crippen molar-refractivity contribution in [2.24, 2.45) is 0 Å². The topological polar surface area (TPSA) is 0 Å². The summed E-state index contributed by atoms with van der Waals surface area (Å²) in [5, 5.41) is 1.48. The molecule has 0 heterocycles. The molecule has 2 aromatic rings. The van der Waals surface area contributed by atoms with Gasteiger partial charge in [-0.3, -0.25) is 0 Å². The largest absolute Gasteiger partial charge is 0.0843 e. The summed E-state index contributed by atoms with van der Waals surface area (Å²) in [6.45, 7) is 0. The van der Waals surface area contributed by atoms with E-state index in [0.29, 0.717) is 0 Å². The molecule has 0 aliphatic carbocycles. The van der Waals surface area contributed by atoms with Crippen LogP contribution in [0.2, 0.25) is 10.0 Å². The Balaban J connectivity index is 2.28. The van der Waals surface area contributed by atoms with Gasteiger partial charge < -0.3 is 0 Å². The molecule has 2 heteroatoms. The Labute approximate surface area is 99.5 Å². The standard InChI is InChI=1S/C13H9Cl2/c14-12-6-7-13(15)11(9-12)8-10-4-2-1-3-5-10/h2-7,9H,8H2. The Bertz CT molecular complexity index is 449. The zero-order chi connectivity index (χ0) is 10.7. The first-order valence-electron chi connectivity index (χ1n) is 4.64. The van der Waals surface area contributed by atoms with Crippen molar-refractivity contribution in [1.29, 1.82) is 0 Å². The summed E-state index contributed by atoms with van der Waals surface area (Å²) in [6, 6.07) is 16.4. The van der Waals surface area contributed by atoms with Crippen LogP contribution in [-0.2, 0) is 6.42 Å². The highest BCUT2D eigenvalue weighted by atomic mass is 35.5. The van der Waals surface area contributed by atoms with Gasteiger partial charge in [0.2, 0.25) is 0 Å². The third kappa shape index (κ3) is 2.74.